The molecule has 2 rings (SSSR count). The molecule has 0 heterocycles. The highest BCUT2D eigenvalue weighted by Gasteiger charge is 2.23. The number of carbonyl (C=O) groups is 1. The first-order valence-corrected chi connectivity index (χ1v) is 8.50. The number of rotatable bonds is 7. The van der Waals surface area contributed by atoms with Gasteiger partial charge in [0, 0.05) is 19.7 Å². The van der Waals surface area contributed by atoms with Gasteiger partial charge in [0.1, 0.15) is 0 Å². The van der Waals surface area contributed by atoms with Gasteiger partial charge >= 0.3 is 6.03 Å². The van der Waals surface area contributed by atoms with Crippen molar-refractivity contribution in [3.8, 4) is 0 Å². The van der Waals surface area contributed by atoms with Crippen LogP contribution in [0.3, 0.4) is 0 Å². The number of fused-ring (bicyclic) bond motifs is 1. The highest BCUT2D eigenvalue weighted by molar-refractivity contribution is 5.74. The summed E-state index contributed by atoms with van der Waals surface area (Å²) < 4.78 is 0. The van der Waals surface area contributed by atoms with Gasteiger partial charge in [-0.25, -0.2) is 4.79 Å². The van der Waals surface area contributed by atoms with Crippen LogP contribution < -0.4 is 5.32 Å². The molecule has 0 saturated heterocycles. The average Bonchev–Trinajstić information content (AvgIpc) is 2.55. The van der Waals surface area contributed by atoms with Crippen molar-refractivity contribution in [2.24, 2.45) is 0 Å². The first-order valence-electron chi connectivity index (χ1n) is 8.50. The van der Waals surface area contributed by atoms with E-state index in [1.54, 1.807) is 0 Å². The summed E-state index contributed by atoms with van der Waals surface area (Å²) in [5, 5.41) is 12.2. The molecular weight excluding hydrogens is 276 g/mol. The number of aliphatic hydroxyl groups excluding tert-OH is 1. The van der Waals surface area contributed by atoms with Crippen LogP contribution >= 0.6 is 0 Å². The van der Waals surface area contributed by atoms with Crippen LogP contribution in [-0.4, -0.2) is 35.7 Å². The van der Waals surface area contributed by atoms with Gasteiger partial charge in [-0.15, -0.1) is 0 Å². The zero-order valence-electron chi connectivity index (χ0n) is 13.6. The van der Waals surface area contributed by atoms with Crippen molar-refractivity contribution in [1.82, 2.24) is 10.2 Å². The summed E-state index contributed by atoms with van der Waals surface area (Å²) in [6.45, 7) is 3.63. The molecule has 2 amide bonds. The molecule has 0 spiro atoms. The van der Waals surface area contributed by atoms with Crippen LogP contribution in [0.1, 0.15) is 56.2 Å². The maximum absolute atomic E-state index is 12.6. The average molecular weight is 304 g/mol. The van der Waals surface area contributed by atoms with Gasteiger partial charge in [0.2, 0.25) is 0 Å². The van der Waals surface area contributed by atoms with Crippen LogP contribution in [0, 0.1) is 0 Å². The molecule has 4 heteroatoms. The van der Waals surface area contributed by atoms with Gasteiger partial charge in [-0.1, -0.05) is 37.6 Å². The Morgan fingerprint density at radius 1 is 1.32 bits per heavy atom. The van der Waals surface area contributed by atoms with E-state index in [0.29, 0.717) is 13.0 Å². The molecule has 122 valence electrons. The lowest BCUT2D eigenvalue weighted by Gasteiger charge is -2.30. The van der Waals surface area contributed by atoms with Crippen molar-refractivity contribution in [3.63, 3.8) is 0 Å². The van der Waals surface area contributed by atoms with Crippen molar-refractivity contribution in [3.05, 3.63) is 35.4 Å². The zero-order valence-corrected chi connectivity index (χ0v) is 13.6. The van der Waals surface area contributed by atoms with E-state index in [1.165, 1.54) is 11.1 Å². The second kappa shape index (κ2) is 8.79. The normalized spacial score (nSPS) is 16.9. The van der Waals surface area contributed by atoms with Gasteiger partial charge in [-0.2, -0.15) is 0 Å². The molecule has 1 aliphatic carbocycles. The van der Waals surface area contributed by atoms with E-state index >= 15 is 0 Å². The van der Waals surface area contributed by atoms with Gasteiger partial charge < -0.3 is 15.3 Å². The number of carbonyl (C=O) groups excluding carboxylic acids is 1. The van der Waals surface area contributed by atoms with E-state index < -0.39 is 0 Å². The SMILES string of the molecule is CCCCN(CCCO)C(=O)NC1CCCc2ccccc21. The van der Waals surface area contributed by atoms with Gasteiger partial charge in [0.05, 0.1) is 6.04 Å². The number of nitrogens with zero attached hydrogens (tertiary/aromatic N) is 1. The molecular formula is C18H28N2O2. The molecule has 22 heavy (non-hydrogen) atoms. The first kappa shape index (κ1) is 16.8. The van der Waals surface area contributed by atoms with Crippen molar-refractivity contribution in [2.75, 3.05) is 19.7 Å². The number of aryl methyl sites for hydroxylation is 1. The zero-order chi connectivity index (χ0) is 15.8. The standard InChI is InChI=1S/C18H28N2O2/c1-2-3-12-20(13-7-14-21)18(22)19-17-11-6-9-15-8-4-5-10-16(15)17/h4-5,8,10,17,21H,2-3,6-7,9,11-14H2,1H3,(H,19,22). The maximum Gasteiger partial charge on any atom is 0.317 e. The summed E-state index contributed by atoms with van der Waals surface area (Å²) in [7, 11) is 0. The molecule has 0 aliphatic heterocycles. The monoisotopic (exact) mass is 304 g/mol. The lowest BCUT2D eigenvalue weighted by atomic mass is 9.88. The Labute approximate surface area is 133 Å². The molecule has 4 nitrogen and oxygen atoms in total. The third kappa shape index (κ3) is 4.47. The number of nitrogens with one attached hydrogen (secondary N) is 1. The number of benzene rings is 1. The third-order valence-electron chi connectivity index (χ3n) is 4.32. The quantitative estimate of drug-likeness (QED) is 0.812. The summed E-state index contributed by atoms with van der Waals surface area (Å²) in [6.07, 6.45) is 5.93. The van der Waals surface area contributed by atoms with Crippen molar-refractivity contribution in [2.45, 2.75) is 51.5 Å². The number of amides is 2. The van der Waals surface area contributed by atoms with Crippen molar-refractivity contribution >= 4 is 6.03 Å². The first-order chi connectivity index (χ1) is 10.8. The van der Waals surface area contributed by atoms with Gasteiger partial charge in [0.15, 0.2) is 0 Å². The van der Waals surface area contributed by atoms with E-state index in [4.69, 9.17) is 5.11 Å². The van der Waals surface area contributed by atoms with E-state index in [-0.39, 0.29) is 18.7 Å². The molecule has 0 saturated carbocycles. The molecule has 0 bridgehead atoms. The fourth-order valence-corrected chi connectivity index (χ4v) is 3.07. The molecule has 0 aromatic heterocycles. The number of hydrogen-bond acceptors (Lipinski definition) is 2. The topological polar surface area (TPSA) is 52.6 Å². The van der Waals surface area contributed by atoms with Crippen LogP contribution in [0.15, 0.2) is 24.3 Å². The Bertz CT molecular complexity index is 468. The van der Waals surface area contributed by atoms with Gasteiger partial charge in [0.25, 0.3) is 0 Å². The van der Waals surface area contributed by atoms with Crippen LogP contribution in [0.25, 0.3) is 0 Å². The Balaban J connectivity index is 2.00. The second-order valence-electron chi connectivity index (χ2n) is 6.01. The summed E-state index contributed by atoms with van der Waals surface area (Å²) in [6, 6.07) is 8.53. The summed E-state index contributed by atoms with van der Waals surface area (Å²) in [5.41, 5.74) is 2.62. The smallest absolute Gasteiger partial charge is 0.317 e. The highest BCUT2D eigenvalue weighted by atomic mass is 16.3. The summed E-state index contributed by atoms with van der Waals surface area (Å²) in [4.78, 5) is 14.4. The van der Waals surface area contributed by atoms with Crippen LogP contribution in [0.4, 0.5) is 4.79 Å². The predicted molar refractivity (Wildman–Crippen MR) is 88.8 cm³/mol. The Morgan fingerprint density at radius 3 is 2.86 bits per heavy atom. The number of unbranched alkanes of at least 4 members (excludes halogenated alkanes) is 1. The number of hydrogen-bond donors (Lipinski definition) is 2. The Hall–Kier alpha value is -1.55. The predicted octanol–water partition coefficient (Wildman–Crippen LogP) is 3.26. The van der Waals surface area contributed by atoms with Crippen LogP contribution in [0.2, 0.25) is 0 Å². The Kier molecular flexibility index (Phi) is 6.72. The largest absolute Gasteiger partial charge is 0.396 e. The van der Waals surface area contributed by atoms with Crippen molar-refractivity contribution < 1.29 is 9.90 Å². The molecule has 1 atom stereocenters. The fraction of sp³-hybridized carbons (Fsp3) is 0.611. The van der Waals surface area contributed by atoms with Crippen molar-refractivity contribution in [1.29, 1.82) is 0 Å². The highest BCUT2D eigenvalue weighted by Crippen LogP contribution is 2.29. The molecule has 0 radical (unpaired) electrons. The minimum atomic E-state index is 0.00334. The number of urea groups is 1. The van der Waals surface area contributed by atoms with E-state index in [0.717, 1.165) is 38.6 Å². The van der Waals surface area contributed by atoms with E-state index in [9.17, 15) is 4.79 Å². The molecule has 1 aliphatic rings. The van der Waals surface area contributed by atoms with E-state index in [2.05, 4.69) is 30.4 Å². The second-order valence-corrected chi connectivity index (χ2v) is 6.01. The number of aliphatic hydroxyl groups is 1. The minimum Gasteiger partial charge on any atom is -0.396 e. The molecule has 2 N–H and O–H groups in total. The summed E-state index contributed by atoms with van der Waals surface area (Å²) >= 11 is 0. The van der Waals surface area contributed by atoms with Gasteiger partial charge in [-0.3, -0.25) is 0 Å². The molecule has 1 aromatic rings. The van der Waals surface area contributed by atoms with Crippen LogP contribution in [-0.2, 0) is 6.42 Å². The van der Waals surface area contributed by atoms with Gasteiger partial charge in [-0.05, 0) is 43.2 Å². The third-order valence-corrected chi connectivity index (χ3v) is 4.32. The molecule has 0 fully saturated rings. The minimum absolute atomic E-state index is 0.00334. The summed E-state index contributed by atoms with van der Waals surface area (Å²) in [5.74, 6) is 0. The molecule has 1 unspecified atom stereocenters. The Morgan fingerprint density at radius 2 is 2.09 bits per heavy atom. The lowest BCUT2D eigenvalue weighted by Crippen LogP contribution is -2.43. The fourth-order valence-electron chi connectivity index (χ4n) is 3.07. The molecule has 1 aromatic carbocycles. The lowest BCUT2D eigenvalue weighted by molar-refractivity contribution is 0.183. The van der Waals surface area contributed by atoms with E-state index in [1.807, 2.05) is 11.0 Å². The maximum atomic E-state index is 12.6. The van der Waals surface area contributed by atoms with Crippen LogP contribution in [0.5, 0.6) is 0 Å².